The van der Waals surface area contributed by atoms with Gasteiger partial charge < -0.3 is 9.64 Å². The van der Waals surface area contributed by atoms with Crippen molar-refractivity contribution in [1.29, 1.82) is 0 Å². The minimum atomic E-state index is 0.298. The van der Waals surface area contributed by atoms with Crippen molar-refractivity contribution in [3.05, 3.63) is 0 Å². The highest BCUT2D eigenvalue weighted by Gasteiger charge is 2.40. The van der Waals surface area contributed by atoms with E-state index in [-0.39, 0.29) is 0 Å². The van der Waals surface area contributed by atoms with Gasteiger partial charge in [0, 0.05) is 19.0 Å². The number of fused-ring (bicyclic) bond motifs is 1. The van der Waals surface area contributed by atoms with Crippen molar-refractivity contribution in [2.45, 2.75) is 64.6 Å². The van der Waals surface area contributed by atoms with E-state index in [1.807, 2.05) is 0 Å². The van der Waals surface area contributed by atoms with Crippen LogP contribution in [0, 0.1) is 17.8 Å². The van der Waals surface area contributed by atoms with E-state index in [4.69, 9.17) is 4.74 Å². The standard InChI is InChI=1S/C16H27NO2/c1-11-3-5-13(6-4-11)16(18)17-8-7-14-9-12(2)19-15(14)10-17/h11-15H,3-10H2,1-2H3/t11?,12-,13?,14+,15-/m1/s1. The van der Waals surface area contributed by atoms with Gasteiger partial charge in [-0.1, -0.05) is 6.92 Å². The molecule has 0 N–H and O–H groups in total. The first-order chi connectivity index (χ1) is 9.13. The lowest BCUT2D eigenvalue weighted by Crippen LogP contribution is -2.48. The number of nitrogens with zero attached hydrogens (tertiary/aromatic N) is 1. The fourth-order valence-electron chi connectivity index (χ4n) is 4.13. The van der Waals surface area contributed by atoms with Crippen molar-refractivity contribution in [3.8, 4) is 0 Å². The van der Waals surface area contributed by atoms with E-state index < -0.39 is 0 Å². The van der Waals surface area contributed by atoms with Crippen LogP contribution in [0.25, 0.3) is 0 Å². The van der Waals surface area contributed by atoms with Crippen LogP contribution < -0.4 is 0 Å². The zero-order valence-corrected chi connectivity index (χ0v) is 12.3. The Kier molecular flexibility index (Phi) is 3.84. The molecule has 3 aliphatic rings. The highest BCUT2D eigenvalue weighted by molar-refractivity contribution is 5.79. The number of likely N-dealkylation sites (tertiary alicyclic amines) is 1. The van der Waals surface area contributed by atoms with Crippen molar-refractivity contribution < 1.29 is 9.53 Å². The van der Waals surface area contributed by atoms with Crippen LogP contribution in [0.5, 0.6) is 0 Å². The van der Waals surface area contributed by atoms with Gasteiger partial charge in [0.05, 0.1) is 12.2 Å². The number of carbonyl (C=O) groups is 1. The monoisotopic (exact) mass is 265 g/mol. The molecule has 0 bridgehead atoms. The van der Waals surface area contributed by atoms with E-state index in [9.17, 15) is 4.79 Å². The summed E-state index contributed by atoms with van der Waals surface area (Å²) in [7, 11) is 0. The van der Waals surface area contributed by atoms with Gasteiger partial charge in [-0.25, -0.2) is 0 Å². The van der Waals surface area contributed by atoms with Crippen molar-refractivity contribution in [1.82, 2.24) is 4.90 Å². The molecule has 3 nitrogen and oxygen atoms in total. The van der Waals surface area contributed by atoms with Gasteiger partial charge in [0.15, 0.2) is 0 Å². The van der Waals surface area contributed by atoms with Crippen molar-refractivity contribution in [2.24, 2.45) is 17.8 Å². The molecule has 2 aliphatic heterocycles. The molecule has 0 unspecified atom stereocenters. The number of ether oxygens (including phenoxy) is 1. The highest BCUT2D eigenvalue weighted by atomic mass is 16.5. The van der Waals surface area contributed by atoms with Crippen molar-refractivity contribution in [3.63, 3.8) is 0 Å². The molecule has 2 saturated heterocycles. The molecule has 19 heavy (non-hydrogen) atoms. The molecule has 0 radical (unpaired) electrons. The van der Waals surface area contributed by atoms with Crippen LogP contribution >= 0.6 is 0 Å². The molecule has 108 valence electrons. The van der Waals surface area contributed by atoms with Crippen molar-refractivity contribution >= 4 is 5.91 Å². The highest BCUT2D eigenvalue weighted by Crippen LogP contribution is 2.35. The molecule has 1 saturated carbocycles. The van der Waals surface area contributed by atoms with E-state index in [1.54, 1.807) is 0 Å². The number of rotatable bonds is 1. The summed E-state index contributed by atoms with van der Waals surface area (Å²) in [6, 6.07) is 0. The summed E-state index contributed by atoms with van der Waals surface area (Å²) in [6.45, 7) is 6.27. The quantitative estimate of drug-likeness (QED) is 0.729. The van der Waals surface area contributed by atoms with Crippen LogP contribution in [-0.2, 0) is 9.53 Å². The Morgan fingerprint density at radius 3 is 2.58 bits per heavy atom. The van der Waals surface area contributed by atoms with E-state index in [0.717, 1.165) is 38.3 Å². The SMILES string of the molecule is CC1CCC(C(=O)N2CC[C@H]3C[C@@H](C)O[C@@H]3C2)CC1. The van der Waals surface area contributed by atoms with Gasteiger partial charge in [0.2, 0.25) is 5.91 Å². The first-order valence-electron chi connectivity index (χ1n) is 8.07. The van der Waals surface area contributed by atoms with Crippen molar-refractivity contribution in [2.75, 3.05) is 13.1 Å². The van der Waals surface area contributed by atoms with Gasteiger partial charge >= 0.3 is 0 Å². The maximum Gasteiger partial charge on any atom is 0.225 e. The second kappa shape index (κ2) is 5.43. The molecular formula is C16H27NO2. The fourth-order valence-corrected chi connectivity index (χ4v) is 4.13. The van der Waals surface area contributed by atoms with Gasteiger partial charge in [0.1, 0.15) is 0 Å². The average molecular weight is 265 g/mol. The molecule has 3 fully saturated rings. The lowest BCUT2D eigenvalue weighted by Gasteiger charge is -2.37. The Morgan fingerprint density at radius 2 is 1.84 bits per heavy atom. The Hall–Kier alpha value is -0.570. The van der Waals surface area contributed by atoms with Crippen LogP contribution in [0.2, 0.25) is 0 Å². The zero-order chi connectivity index (χ0) is 13.4. The molecular weight excluding hydrogens is 238 g/mol. The fraction of sp³-hybridized carbons (Fsp3) is 0.938. The van der Waals surface area contributed by atoms with E-state index in [0.29, 0.717) is 30.0 Å². The first-order valence-corrected chi connectivity index (χ1v) is 8.07. The normalized spacial score (nSPS) is 43.1. The molecule has 3 heteroatoms. The average Bonchev–Trinajstić information content (AvgIpc) is 2.77. The minimum Gasteiger partial charge on any atom is -0.373 e. The number of amides is 1. The third-order valence-corrected chi connectivity index (χ3v) is 5.41. The Morgan fingerprint density at radius 1 is 1.11 bits per heavy atom. The topological polar surface area (TPSA) is 29.5 Å². The molecule has 0 spiro atoms. The lowest BCUT2D eigenvalue weighted by molar-refractivity contribution is -0.141. The molecule has 0 aromatic rings. The number of hydrogen-bond donors (Lipinski definition) is 0. The second-order valence-electron chi connectivity index (χ2n) is 7.01. The first kappa shape index (κ1) is 13.4. The summed E-state index contributed by atoms with van der Waals surface area (Å²) in [4.78, 5) is 14.7. The summed E-state index contributed by atoms with van der Waals surface area (Å²) in [5.41, 5.74) is 0. The third kappa shape index (κ3) is 2.81. The Labute approximate surface area is 116 Å². The van der Waals surface area contributed by atoms with Gasteiger partial charge in [-0.15, -0.1) is 0 Å². The van der Waals surface area contributed by atoms with Gasteiger partial charge in [0.25, 0.3) is 0 Å². The number of hydrogen-bond acceptors (Lipinski definition) is 2. The maximum absolute atomic E-state index is 12.6. The molecule has 1 amide bonds. The summed E-state index contributed by atoms with van der Waals surface area (Å²) in [5, 5.41) is 0. The van der Waals surface area contributed by atoms with Gasteiger partial charge in [-0.2, -0.15) is 0 Å². The summed E-state index contributed by atoms with van der Waals surface area (Å²) >= 11 is 0. The summed E-state index contributed by atoms with van der Waals surface area (Å²) in [6.07, 6.45) is 7.69. The largest absolute Gasteiger partial charge is 0.373 e. The Bertz CT molecular complexity index is 336. The van der Waals surface area contributed by atoms with Gasteiger partial charge in [-0.3, -0.25) is 4.79 Å². The maximum atomic E-state index is 12.6. The zero-order valence-electron chi connectivity index (χ0n) is 12.3. The summed E-state index contributed by atoms with van der Waals surface area (Å²) in [5.74, 6) is 2.22. The summed E-state index contributed by atoms with van der Waals surface area (Å²) < 4.78 is 5.96. The van der Waals surface area contributed by atoms with Crippen LogP contribution in [0.15, 0.2) is 0 Å². The molecule has 0 aromatic heterocycles. The molecule has 3 rings (SSSR count). The smallest absolute Gasteiger partial charge is 0.225 e. The molecule has 2 heterocycles. The van der Waals surface area contributed by atoms with E-state index in [1.165, 1.54) is 19.3 Å². The predicted octanol–water partition coefficient (Wildman–Crippen LogP) is 2.84. The predicted molar refractivity (Wildman–Crippen MR) is 74.8 cm³/mol. The lowest BCUT2D eigenvalue weighted by atomic mass is 9.81. The number of piperidine rings is 1. The van der Waals surface area contributed by atoms with Crippen LogP contribution in [0.4, 0.5) is 0 Å². The van der Waals surface area contributed by atoms with E-state index >= 15 is 0 Å². The molecule has 3 atom stereocenters. The molecule has 0 aromatic carbocycles. The number of carbonyl (C=O) groups excluding carboxylic acids is 1. The second-order valence-corrected chi connectivity index (χ2v) is 7.01. The van der Waals surface area contributed by atoms with E-state index in [2.05, 4.69) is 18.7 Å². The van der Waals surface area contributed by atoms with Crippen LogP contribution in [-0.4, -0.2) is 36.1 Å². The Balaban J connectivity index is 1.56. The third-order valence-electron chi connectivity index (χ3n) is 5.41. The van der Waals surface area contributed by atoms with Gasteiger partial charge in [-0.05, 0) is 57.3 Å². The molecule has 1 aliphatic carbocycles. The van der Waals surface area contributed by atoms with Crippen LogP contribution in [0.3, 0.4) is 0 Å². The van der Waals surface area contributed by atoms with Crippen LogP contribution in [0.1, 0.15) is 52.4 Å². The minimum absolute atomic E-state index is 0.298.